The van der Waals surface area contributed by atoms with Crippen molar-refractivity contribution in [3.8, 4) is 0 Å². The van der Waals surface area contributed by atoms with E-state index in [1.54, 1.807) is 0 Å². The zero-order valence-corrected chi connectivity index (χ0v) is 11.4. The van der Waals surface area contributed by atoms with Gasteiger partial charge in [0, 0.05) is 37.4 Å². The van der Waals surface area contributed by atoms with Gasteiger partial charge in [-0.2, -0.15) is 0 Å². The van der Waals surface area contributed by atoms with Gasteiger partial charge in [-0.1, -0.05) is 0 Å². The van der Waals surface area contributed by atoms with E-state index in [2.05, 4.69) is 5.32 Å². The van der Waals surface area contributed by atoms with Crippen LogP contribution in [0.3, 0.4) is 0 Å². The Labute approximate surface area is 116 Å². The van der Waals surface area contributed by atoms with Crippen LogP contribution in [0.4, 0.5) is 13.2 Å². The highest BCUT2D eigenvalue weighted by atomic mass is 19.2. The predicted molar refractivity (Wildman–Crippen MR) is 69.7 cm³/mol. The number of halogens is 3. The standard InChI is InChI=1S/C14H19F3N2O/c1-14(3-2-4-20-14)8-19-13(7-18)9-5-11(16)12(17)6-10(9)15/h5-6,13,19H,2-4,7-8,18H2,1H3. The molecule has 0 saturated carbocycles. The van der Waals surface area contributed by atoms with Crippen LogP contribution in [0.2, 0.25) is 0 Å². The van der Waals surface area contributed by atoms with Crippen molar-refractivity contribution in [2.24, 2.45) is 5.73 Å². The van der Waals surface area contributed by atoms with Crippen molar-refractivity contribution in [1.82, 2.24) is 5.32 Å². The lowest BCUT2D eigenvalue weighted by atomic mass is 10.0. The Kier molecular flexibility index (Phi) is 4.67. The molecule has 6 heteroatoms. The van der Waals surface area contributed by atoms with Gasteiger partial charge in [0.2, 0.25) is 0 Å². The van der Waals surface area contributed by atoms with E-state index in [4.69, 9.17) is 10.5 Å². The molecule has 2 unspecified atom stereocenters. The van der Waals surface area contributed by atoms with Gasteiger partial charge < -0.3 is 15.8 Å². The molecular formula is C14H19F3N2O. The zero-order valence-electron chi connectivity index (χ0n) is 11.4. The van der Waals surface area contributed by atoms with Crippen LogP contribution in [0, 0.1) is 17.5 Å². The van der Waals surface area contributed by atoms with Crippen molar-refractivity contribution in [2.75, 3.05) is 19.7 Å². The van der Waals surface area contributed by atoms with Crippen molar-refractivity contribution < 1.29 is 17.9 Å². The summed E-state index contributed by atoms with van der Waals surface area (Å²) in [6.45, 7) is 3.22. The molecule has 1 aromatic carbocycles. The van der Waals surface area contributed by atoms with Gasteiger partial charge in [0.15, 0.2) is 11.6 Å². The van der Waals surface area contributed by atoms with E-state index in [1.165, 1.54) is 0 Å². The molecule has 20 heavy (non-hydrogen) atoms. The van der Waals surface area contributed by atoms with E-state index >= 15 is 0 Å². The molecule has 1 fully saturated rings. The largest absolute Gasteiger partial charge is 0.374 e. The second-order valence-corrected chi connectivity index (χ2v) is 5.36. The highest BCUT2D eigenvalue weighted by Crippen LogP contribution is 2.26. The maximum atomic E-state index is 13.7. The Morgan fingerprint density at radius 1 is 1.30 bits per heavy atom. The molecule has 0 aliphatic carbocycles. The molecule has 0 aromatic heterocycles. The Bertz CT molecular complexity index is 476. The van der Waals surface area contributed by atoms with Crippen LogP contribution in [0.15, 0.2) is 12.1 Å². The van der Waals surface area contributed by atoms with Gasteiger partial charge in [-0.3, -0.25) is 0 Å². The van der Waals surface area contributed by atoms with Crippen LogP contribution in [0.1, 0.15) is 31.4 Å². The topological polar surface area (TPSA) is 47.3 Å². The zero-order chi connectivity index (χ0) is 14.8. The van der Waals surface area contributed by atoms with Crippen molar-refractivity contribution >= 4 is 0 Å². The third-order valence-corrected chi connectivity index (χ3v) is 3.67. The molecule has 1 heterocycles. The number of benzene rings is 1. The van der Waals surface area contributed by atoms with Crippen LogP contribution in [-0.2, 0) is 4.74 Å². The molecule has 3 N–H and O–H groups in total. The summed E-state index contributed by atoms with van der Waals surface area (Å²) in [7, 11) is 0. The number of hydrogen-bond donors (Lipinski definition) is 2. The highest BCUT2D eigenvalue weighted by molar-refractivity contribution is 5.24. The summed E-state index contributed by atoms with van der Waals surface area (Å²) in [6.07, 6.45) is 1.88. The van der Waals surface area contributed by atoms with Gasteiger partial charge in [0.25, 0.3) is 0 Å². The Hall–Kier alpha value is -1.11. The molecule has 0 radical (unpaired) electrons. The summed E-state index contributed by atoms with van der Waals surface area (Å²) in [6, 6.07) is 0.821. The maximum Gasteiger partial charge on any atom is 0.161 e. The third kappa shape index (κ3) is 3.31. The lowest BCUT2D eigenvalue weighted by Crippen LogP contribution is -2.41. The normalized spacial score (nSPS) is 24.1. The molecule has 112 valence electrons. The van der Waals surface area contributed by atoms with Gasteiger partial charge in [-0.05, 0) is 25.8 Å². The number of nitrogens with two attached hydrogens (primary N) is 1. The minimum absolute atomic E-state index is 0.0352. The van der Waals surface area contributed by atoms with Crippen LogP contribution < -0.4 is 11.1 Å². The van der Waals surface area contributed by atoms with Gasteiger partial charge in [0.1, 0.15) is 5.82 Å². The summed E-state index contributed by atoms with van der Waals surface area (Å²) in [5.74, 6) is -3.08. The van der Waals surface area contributed by atoms with Gasteiger partial charge in [-0.15, -0.1) is 0 Å². The first-order chi connectivity index (χ1) is 9.45. The fraction of sp³-hybridized carbons (Fsp3) is 0.571. The van der Waals surface area contributed by atoms with Gasteiger partial charge in [-0.25, -0.2) is 13.2 Å². The first kappa shape index (κ1) is 15.3. The molecule has 1 aliphatic heterocycles. The van der Waals surface area contributed by atoms with Crippen molar-refractivity contribution in [2.45, 2.75) is 31.4 Å². The number of rotatable bonds is 5. The molecular weight excluding hydrogens is 269 g/mol. The molecule has 1 aliphatic rings. The fourth-order valence-electron chi connectivity index (χ4n) is 2.44. The summed E-state index contributed by atoms with van der Waals surface area (Å²) in [5.41, 5.74) is 5.32. The molecule has 2 atom stereocenters. The van der Waals surface area contributed by atoms with Crippen molar-refractivity contribution in [3.05, 3.63) is 35.1 Å². The van der Waals surface area contributed by atoms with E-state index in [1.807, 2.05) is 6.92 Å². The maximum absolute atomic E-state index is 13.7. The summed E-state index contributed by atoms with van der Waals surface area (Å²) in [4.78, 5) is 0. The van der Waals surface area contributed by atoms with Gasteiger partial charge in [0.05, 0.1) is 5.60 Å². The molecule has 0 spiro atoms. The SMILES string of the molecule is CC1(CNC(CN)c2cc(F)c(F)cc2F)CCCO1. The second-order valence-electron chi connectivity index (χ2n) is 5.36. The predicted octanol–water partition coefficient (Wildman–Crippen LogP) is 2.26. The molecule has 0 amide bonds. The van der Waals surface area contributed by atoms with Crippen LogP contribution in [0.5, 0.6) is 0 Å². The molecule has 2 rings (SSSR count). The number of nitrogens with one attached hydrogen (secondary N) is 1. The summed E-state index contributed by atoms with van der Waals surface area (Å²) in [5, 5.41) is 3.08. The molecule has 3 nitrogen and oxygen atoms in total. The van der Waals surface area contributed by atoms with E-state index in [-0.39, 0.29) is 17.7 Å². The quantitative estimate of drug-likeness (QED) is 0.817. The third-order valence-electron chi connectivity index (χ3n) is 3.67. The van der Waals surface area contributed by atoms with Crippen LogP contribution in [-0.4, -0.2) is 25.3 Å². The smallest absolute Gasteiger partial charge is 0.161 e. The van der Waals surface area contributed by atoms with E-state index < -0.39 is 23.5 Å². The summed E-state index contributed by atoms with van der Waals surface area (Å²) < 4.78 is 45.5. The monoisotopic (exact) mass is 288 g/mol. The van der Waals surface area contributed by atoms with E-state index in [9.17, 15) is 13.2 Å². The fourth-order valence-corrected chi connectivity index (χ4v) is 2.44. The first-order valence-corrected chi connectivity index (χ1v) is 6.67. The number of ether oxygens (including phenoxy) is 1. The highest BCUT2D eigenvalue weighted by Gasteiger charge is 2.30. The van der Waals surface area contributed by atoms with Crippen LogP contribution >= 0.6 is 0 Å². The minimum Gasteiger partial charge on any atom is -0.374 e. The first-order valence-electron chi connectivity index (χ1n) is 6.67. The minimum atomic E-state index is -1.20. The molecule has 1 saturated heterocycles. The van der Waals surface area contributed by atoms with Crippen molar-refractivity contribution in [3.63, 3.8) is 0 Å². The molecule has 1 aromatic rings. The van der Waals surface area contributed by atoms with E-state index in [0.29, 0.717) is 19.2 Å². The molecule has 0 bridgehead atoms. The lowest BCUT2D eigenvalue weighted by molar-refractivity contribution is 0.0188. The van der Waals surface area contributed by atoms with Crippen LogP contribution in [0.25, 0.3) is 0 Å². The lowest BCUT2D eigenvalue weighted by Gasteiger charge is -2.27. The van der Waals surface area contributed by atoms with Gasteiger partial charge >= 0.3 is 0 Å². The average Bonchev–Trinajstić information content (AvgIpc) is 2.83. The Morgan fingerprint density at radius 3 is 2.60 bits per heavy atom. The number of hydrogen-bond acceptors (Lipinski definition) is 3. The second kappa shape index (κ2) is 6.11. The van der Waals surface area contributed by atoms with Crippen molar-refractivity contribution in [1.29, 1.82) is 0 Å². The summed E-state index contributed by atoms with van der Waals surface area (Å²) >= 11 is 0. The Morgan fingerprint density at radius 2 is 2.00 bits per heavy atom. The Balaban J connectivity index is 2.10. The average molecular weight is 288 g/mol. The van der Waals surface area contributed by atoms with E-state index in [0.717, 1.165) is 18.9 Å².